The number of aromatic hydroxyl groups is 1. The van der Waals surface area contributed by atoms with Gasteiger partial charge in [0.1, 0.15) is 5.75 Å². The minimum atomic E-state index is -0.212. The molecule has 1 aromatic carbocycles. The van der Waals surface area contributed by atoms with E-state index in [1.54, 1.807) is 24.3 Å². The Hall–Kier alpha value is -1.75. The lowest BCUT2D eigenvalue weighted by Gasteiger charge is -2.15. The molecule has 3 N–H and O–H groups in total. The number of rotatable bonds is 4. The van der Waals surface area contributed by atoms with Gasteiger partial charge in [0.15, 0.2) is 0 Å². The molecule has 0 radical (unpaired) electrons. The van der Waals surface area contributed by atoms with Crippen molar-refractivity contribution in [1.82, 2.24) is 10.2 Å². The van der Waals surface area contributed by atoms with Gasteiger partial charge < -0.3 is 20.6 Å². The van der Waals surface area contributed by atoms with Crippen LogP contribution in [0.1, 0.15) is 13.8 Å². The quantitative estimate of drug-likeness (QED) is 0.738. The Labute approximate surface area is 120 Å². The van der Waals surface area contributed by atoms with Crippen LogP contribution in [0.4, 0.5) is 10.5 Å². The third-order valence-corrected chi connectivity index (χ3v) is 3.90. The molecule has 1 aliphatic rings. The van der Waals surface area contributed by atoms with Crippen molar-refractivity contribution in [1.29, 1.82) is 0 Å². The lowest BCUT2D eigenvalue weighted by Crippen LogP contribution is -2.36. The van der Waals surface area contributed by atoms with Gasteiger partial charge in [-0.1, -0.05) is 13.8 Å². The van der Waals surface area contributed by atoms with E-state index in [0.29, 0.717) is 12.2 Å². The number of benzene rings is 1. The van der Waals surface area contributed by atoms with Crippen LogP contribution in [0.15, 0.2) is 24.3 Å². The molecule has 5 heteroatoms. The predicted molar refractivity (Wildman–Crippen MR) is 79.9 cm³/mol. The number of nitrogens with zero attached hydrogens (tertiary/aromatic N) is 1. The van der Waals surface area contributed by atoms with Crippen molar-refractivity contribution in [2.45, 2.75) is 13.8 Å². The molecule has 2 unspecified atom stereocenters. The first-order chi connectivity index (χ1) is 9.54. The van der Waals surface area contributed by atoms with Crippen LogP contribution in [0.25, 0.3) is 0 Å². The van der Waals surface area contributed by atoms with E-state index in [2.05, 4.69) is 29.4 Å². The van der Waals surface area contributed by atoms with E-state index >= 15 is 0 Å². The molecular weight excluding hydrogens is 254 g/mol. The van der Waals surface area contributed by atoms with Crippen molar-refractivity contribution < 1.29 is 9.90 Å². The second-order valence-corrected chi connectivity index (χ2v) is 5.64. The van der Waals surface area contributed by atoms with Crippen LogP contribution in [0.5, 0.6) is 5.75 Å². The third-order valence-electron chi connectivity index (χ3n) is 3.90. The van der Waals surface area contributed by atoms with Crippen LogP contribution >= 0.6 is 0 Å². The van der Waals surface area contributed by atoms with Gasteiger partial charge in [0.25, 0.3) is 0 Å². The van der Waals surface area contributed by atoms with Crippen LogP contribution < -0.4 is 10.6 Å². The minimum Gasteiger partial charge on any atom is -0.508 e. The average molecular weight is 277 g/mol. The minimum absolute atomic E-state index is 0.188. The fourth-order valence-corrected chi connectivity index (χ4v) is 2.48. The summed E-state index contributed by atoms with van der Waals surface area (Å²) in [4.78, 5) is 14.1. The predicted octanol–water partition coefficient (Wildman–Crippen LogP) is 2.10. The fraction of sp³-hybridized carbons (Fsp3) is 0.533. The lowest BCUT2D eigenvalue weighted by molar-refractivity contribution is 0.249. The number of anilines is 1. The molecule has 1 fully saturated rings. The number of carbonyl (C=O) groups excluding carboxylic acids is 1. The van der Waals surface area contributed by atoms with Gasteiger partial charge in [0, 0.05) is 31.9 Å². The first kappa shape index (κ1) is 14.7. The van der Waals surface area contributed by atoms with E-state index < -0.39 is 0 Å². The highest BCUT2D eigenvalue weighted by Gasteiger charge is 2.25. The zero-order valence-corrected chi connectivity index (χ0v) is 12.1. The Kier molecular flexibility index (Phi) is 4.84. The molecule has 2 amide bonds. The van der Waals surface area contributed by atoms with Gasteiger partial charge in [-0.25, -0.2) is 4.79 Å². The van der Waals surface area contributed by atoms with Gasteiger partial charge in [0.05, 0.1) is 0 Å². The molecule has 2 atom stereocenters. The topological polar surface area (TPSA) is 64.6 Å². The Morgan fingerprint density at radius 1 is 1.25 bits per heavy atom. The van der Waals surface area contributed by atoms with Gasteiger partial charge in [-0.2, -0.15) is 0 Å². The van der Waals surface area contributed by atoms with E-state index in [1.165, 1.54) is 0 Å². The first-order valence-corrected chi connectivity index (χ1v) is 7.11. The number of likely N-dealkylation sites (tertiary alicyclic amines) is 1. The smallest absolute Gasteiger partial charge is 0.319 e. The van der Waals surface area contributed by atoms with E-state index in [9.17, 15) is 4.79 Å². The Morgan fingerprint density at radius 2 is 1.85 bits per heavy atom. The van der Waals surface area contributed by atoms with Crippen molar-refractivity contribution in [3.8, 4) is 5.75 Å². The molecule has 1 heterocycles. The summed E-state index contributed by atoms with van der Waals surface area (Å²) >= 11 is 0. The molecule has 1 aliphatic heterocycles. The standard InChI is InChI=1S/C15H23N3O2/c1-11-9-18(10-12(11)2)8-7-16-15(20)17-13-3-5-14(19)6-4-13/h3-6,11-12,19H,7-10H2,1-2H3,(H2,16,17,20). The summed E-state index contributed by atoms with van der Waals surface area (Å²) in [6.45, 7) is 8.30. The van der Waals surface area contributed by atoms with Gasteiger partial charge in [-0.05, 0) is 36.1 Å². The summed E-state index contributed by atoms with van der Waals surface area (Å²) in [6.07, 6.45) is 0. The van der Waals surface area contributed by atoms with Crippen molar-refractivity contribution >= 4 is 11.7 Å². The summed E-state index contributed by atoms with van der Waals surface area (Å²) in [5.41, 5.74) is 0.670. The molecule has 0 saturated carbocycles. The maximum atomic E-state index is 11.7. The Bertz CT molecular complexity index is 437. The Balaban J connectivity index is 1.67. The molecule has 5 nitrogen and oxygen atoms in total. The maximum Gasteiger partial charge on any atom is 0.319 e. The van der Waals surface area contributed by atoms with E-state index in [-0.39, 0.29) is 11.8 Å². The van der Waals surface area contributed by atoms with Gasteiger partial charge in [-0.15, -0.1) is 0 Å². The highest BCUT2D eigenvalue weighted by molar-refractivity contribution is 5.89. The van der Waals surface area contributed by atoms with Crippen molar-refractivity contribution in [2.24, 2.45) is 11.8 Å². The number of carbonyl (C=O) groups is 1. The summed E-state index contributed by atoms with van der Waals surface area (Å²) in [5.74, 6) is 1.66. The summed E-state index contributed by atoms with van der Waals surface area (Å²) in [6, 6.07) is 6.21. The van der Waals surface area contributed by atoms with Crippen LogP contribution in [-0.2, 0) is 0 Å². The SMILES string of the molecule is CC1CN(CCNC(=O)Nc2ccc(O)cc2)CC1C. The number of hydrogen-bond donors (Lipinski definition) is 3. The first-order valence-electron chi connectivity index (χ1n) is 7.11. The second kappa shape index (κ2) is 6.61. The molecule has 0 bridgehead atoms. The van der Waals surface area contributed by atoms with Gasteiger partial charge in [-0.3, -0.25) is 0 Å². The summed E-state index contributed by atoms with van der Waals surface area (Å²) in [7, 11) is 0. The number of phenols is 1. The van der Waals surface area contributed by atoms with E-state index in [0.717, 1.165) is 31.5 Å². The van der Waals surface area contributed by atoms with E-state index in [1.807, 2.05) is 0 Å². The fourth-order valence-electron chi connectivity index (χ4n) is 2.48. The van der Waals surface area contributed by atoms with Crippen LogP contribution in [0, 0.1) is 11.8 Å². The molecule has 20 heavy (non-hydrogen) atoms. The number of amides is 2. The molecule has 110 valence electrons. The molecule has 1 saturated heterocycles. The monoisotopic (exact) mass is 277 g/mol. The largest absolute Gasteiger partial charge is 0.508 e. The zero-order chi connectivity index (χ0) is 14.5. The highest BCUT2D eigenvalue weighted by atomic mass is 16.3. The third kappa shape index (κ3) is 4.13. The van der Waals surface area contributed by atoms with Crippen molar-refractivity contribution in [2.75, 3.05) is 31.5 Å². The zero-order valence-electron chi connectivity index (χ0n) is 12.1. The van der Waals surface area contributed by atoms with Crippen LogP contribution in [-0.4, -0.2) is 42.2 Å². The summed E-state index contributed by atoms with van der Waals surface area (Å²) < 4.78 is 0. The summed E-state index contributed by atoms with van der Waals surface area (Å²) in [5, 5.41) is 14.7. The molecule has 0 aliphatic carbocycles. The van der Waals surface area contributed by atoms with E-state index in [4.69, 9.17) is 5.11 Å². The average Bonchev–Trinajstić information content (AvgIpc) is 2.71. The van der Waals surface area contributed by atoms with Crippen molar-refractivity contribution in [3.05, 3.63) is 24.3 Å². The second-order valence-electron chi connectivity index (χ2n) is 5.64. The highest BCUT2D eigenvalue weighted by Crippen LogP contribution is 2.21. The number of nitrogens with one attached hydrogen (secondary N) is 2. The van der Waals surface area contributed by atoms with Crippen molar-refractivity contribution in [3.63, 3.8) is 0 Å². The van der Waals surface area contributed by atoms with Gasteiger partial charge >= 0.3 is 6.03 Å². The lowest BCUT2D eigenvalue weighted by atomic mass is 10.0. The normalized spacial score (nSPS) is 22.7. The molecule has 0 aromatic heterocycles. The number of urea groups is 1. The van der Waals surface area contributed by atoms with Gasteiger partial charge in [0.2, 0.25) is 0 Å². The molecule has 0 spiro atoms. The number of phenolic OH excluding ortho intramolecular Hbond substituents is 1. The van der Waals surface area contributed by atoms with Crippen LogP contribution in [0.2, 0.25) is 0 Å². The molecule has 1 aromatic rings. The maximum absolute atomic E-state index is 11.7. The molecular formula is C15H23N3O2. The Morgan fingerprint density at radius 3 is 2.45 bits per heavy atom. The van der Waals surface area contributed by atoms with Crippen LogP contribution in [0.3, 0.4) is 0 Å². The molecule has 2 rings (SSSR count). The number of hydrogen-bond acceptors (Lipinski definition) is 3.